The van der Waals surface area contributed by atoms with Crippen molar-refractivity contribution in [3.8, 4) is 0 Å². The standard InChI is InChI=1S/C18H21BrClN/c1-4-21-18(14-8-15(19)10-16(20)9-14)11-17-12(2)6-5-7-13(17)3/h5-10,18,21H,4,11H2,1-3H3. The third-order valence-corrected chi connectivity index (χ3v) is 4.47. The summed E-state index contributed by atoms with van der Waals surface area (Å²) in [7, 11) is 0. The largest absolute Gasteiger partial charge is 0.310 e. The van der Waals surface area contributed by atoms with Gasteiger partial charge in [-0.15, -0.1) is 0 Å². The summed E-state index contributed by atoms with van der Waals surface area (Å²) in [4.78, 5) is 0. The number of hydrogen-bond donors (Lipinski definition) is 1. The molecular weight excluding hydrogens is 346 g/mol. The maximum atomic E-state index is 6.20. The van der Waals surface area contributed by atoms with Crippen LogP contribution in [-0.4, -0.2) is 6.54 Å². The Morgan fingerprint density at radius 2 is 1.81 bits per heavy atom. The molecule has 0 radical (unpaired) electrons. The van der Waals surface area contributed by atoms with Gasteiger partial charge >= 0.3 is 0 Å². The molecule has 0 aromatic heterocycles. The molecule has 2 rings (SSSR count). The summed E-state index contributed by atoms with van der Waals surface area (Å²) in [5.41, 5.74) is 5.33. The lowest BCUT2D eigenvalue weighted by atomic mass is 9.93. The van der Waals surface area contributed by atoms with Gasteiger partial charge in [-0.2, -0.15) is 0 Å². The van der Waals surface area contributed by atoms with E-state index in [9.17, 15) is 0 Å². The van der Waals surface area contributed by atoms with Crippen LogP contribution in [0, 0.1) is 13.8 Å². The topological polar surface area (TPSA) is 12.0 Å². The second-order valence-electron chi connectivity index (χ2n) is 5.39. The molecular formula is C18H21BrClN. The minimum atomic E-state index is 0.268. The van der Waals surface area contributed by atoms with Crippen molar-refractivity contribution in [2.75, 3.05) is 6.54 Å². The Bertz CT molecular complexity index is 584. The van der Waals surface area contributed by atoms with Crippen LogP contribution in [0.25, 0.3) is 0 Å². The van der Waals surface area contributed by atoms with Crippen molar-refractivity contribution in [1.29, 1.82) is 0 Å². The second kappa shape index (κ2) is 7.44. The van der Waals surface area contributed by atoms with Crippen LogP contribution in [0.5, 0.6) is 0 Å². The van der Waals surface area contributed by atoms with Gasteiger partial charge in [0.2, 0.25) is 0 Å². The molecule has 112 valence electrons. The molecule has 0 aliphatic carbocycles. The lowest BCUT2D eigenvalue weighted by Gasteiger charge is -2.21. The van der Waals surface area contributed by atoms with Crippen LogP contribution in [0.4, 0.5) is 0 Å². The van der Waals surface area contributed by atoms with E-state index in [4.69, 9.17) is 11.6 Å². The van der Waals surface area contributed by atoms with E-state index < -0.39 is 0 Å². The lowest BCUT2D eigenvalue weighted by molar-refractivity contribution is 0.547. The summed E-state index contributed by atoms with van der Waals surface area (Å²) in [5, 5.41) is 4.34. The molecule has 1 N–H and O–H groups in total. The van der Waals surface area contributed by atoms with Gasteiger partial charge in [0, 0.05) is 15.5 Å². The highest BCUT2D eigenvalue weighted by Crippen LogP contribution is 2.27. The first-order valence-electron chi connectivity index (χ1n) is 7.25. The normalized spacial score (nSPS) is 12.4. The van der Waals surface area contributed by atoms with E-state index in [2.05, 4.69) is 66.3 Å². The van der Waals surface area contributed by atoms with Crippen LogP contribution in [-0.2, 0) is 6.42 Å². The number of benzene rings is 2. The minimum absolute atomic E-state index is 0.268. The van der Waals surface area contributed by atoms with Crippen molar-refractivity contribution >= 4 is 27.5 Å². The molecule has 2 aromatic carbocycles. The van der Waals surface area contributed by atoms with Gasteiger partial charge in [-0.1, -0.05) is 52.7 Å². The monoisotopic (exact) mass is 365 g/mol. The minimum Gasteiger partial charge on any atom is -0.310 e. The molecule has 0 aliphatic rings. The number of rotatable bonds is 5. The van der Waals surface area contributed by atoms with Crippen LogP contribution in [0.15, 0.2) is 40.9 Å². The molecule has 1 unspecified atom stereocenters. The predicted octanol–water partition coefficient (Wildman–Crippen LogP) is 5.61. The maximum Gasteiger partial charge on any atom is 0.0420 e. The summed E-state index contributed by atoms with van der Waals surface area (Å²) in [6.45, 7) is 7.43. The van der Waals surface area contributed by atoms with Crippen LogP contribution in [0.1, 0.15) is 35.2 Å². The highest BCUT2D eigenvalue weighted by molar-refractivity contribution is 9.10. The Balaban J connectivity index is 2.35. The number of likely N-dealkylation sites (N-methyl/N-ethyl adjacent to an activating group) is 1. The second-order valence-corrected chi connectivity index (χ2v) is 6.74. The predicted molar refractivity (Wildman–Crippen MR) is 95.2 cm³/mol. The number of halogens is 2. The van der Waals surface area contributed by atoms with Gasteiger partial charge in [0.1, 0.15) is 0 Å². The average Bonchev–Trinajstić information content (AvgIpc) is 2.40. The van der Waals surface area contributed by atoms with Crippen molar-refractivity contribution in [1.82, 2.24) is 5.32 Å². The van der Waals surface area contributed by atoms with Crippen molar-refractivity contribution in [3.05, 3.63) is 68.1 Å². The van der Waals surface area contributed by atoms with E-state index in [1.807, 2.05) is 12.1 Å². The van der Waals surface area contributed by atoms with Crippen LogP contribution >= 0.6 is 27.5 Å². The molecule has 0 fully saturated rings. The van der Waals surface area contributed by atoms with E-state index >= 15 is 0 Å². The van der Waals surface area contributed by atoms with Gasteiger partial charge in [-0.3, -0.25) is 0 Å². The highest BCUT2D eigenvalue weighted by atomic mass is 79.9. The fourth-order valence-corrected chi connectivity index (χ4v) is 3.59. The van der Waals surface area contributed by atoms with Crippen molar-refractivity contribution in [2.45, 2.75) is 33.2 Å². The zero-order chi connectivity index (χ0) is 15.4. The molecule has 0 spiro atoms. The van der Waals surface area contributed by atoms with E-state index in [1.54, 1.807) is 0 Å². The molecule has 1 nitrogen and oxygen atoms in total. The summed E-state index contributed by atoms with van der Waals surface area (Å²) in [5.74, 6) is 0. The summed E-state index contributed by atoms with van der Waals surface area (Å²) in [6.07, 6.45) is 0.971. The highest BCUT2D eigenvalue weighted by Gasteiger charge is 2.15. The smallest absolute Gasteiger partial charge is 0.0420 e. The van der Waals surface area contributed by atoms with Gasteiger partial charge in [0.05, 0.1) is 0 Å². The molecule has 0 aliphatic heterocycles. The van der Waals surface area contributed by atoms with Crippen molar-refractivity contribution < 1.29 is 0 Å². The summed E-state index contributed by atoms with van der Waals surface area (Å²) in [6, 6.07) is 12.9. The third-order valence-electron chi connectivity index (χ3n) is 3.79. The first-order chi connectivity index (χ1) is 10.0. The molecule has 0 amide bonds. The van der Waals surface area contributed by atoms with Crippen LogP contribution in [0.2, 0.25) is 5.02 Å². The van der Waals surface area contributed by atoms with Gasteiger partial charge in [-0.05, 0) is 67.3 Å². The zero-order valence-corrected chi connectivity index (χ0v) is 15.1. The Hall–Kier alpha value is -0.830. The van der Waals surface area contributed by atoms with Gasteiger partial charge in [-0.25, -0.2) is 0 Å². The van der Waals surface area contributed by atoms with E-state index in [0.717, 1.165) is 22.5 Å². The van der Waals surface area contributed by atoms with E-state index in [1.165, 1.54) is 22.3 Å². The van der Waals surface area contributed by atoms with E-state index in [-0.39, 0.29) is 6.04 Å². The molecule has 2 aromatic rings. The quantitative estimate of drug-likeness (QED) is 0.725. The Labute approximate surface area is 140 Å². The molecule has 0 saturated heterocycles. The first kappa shape index (κ1) is 16.5. The van der Waals surface area contributed by atoms with Crippen molar-refractivity contribution in [2.24, 2.45) is 0 Å². The molecule has 0 bridgehead atoms. The van der Waals surface area contributed by atoms with Gasteiger partial charge < -0.3 is 5.32 Å². The summed E-state index contributed by atoms with van der Waals surface area (Å²) < 4.78 is 1.02. The average molecular weight is 367 g/mol. The molecule has 0 saturated carbocycles. The van der Waals surface area contributed by atoms with Gasteiger partial charge in [0.25, 0.3) is 0 Å². The SMILES string of the molecule is CCNC(Cc1c(C)cccc1C)c1cc(Cl)cc(Br)c1. The first-order valence-corrected chi connectivity index (χ1v) is 8.42. The van der Waals surface area contributed by atoms with Gasteiger partial charge in [0.15, 0.2) is 0 Å². The number of nitrogens with one attached hydrogen (secondary N) is 1. The Kier molecular flexibility index (Phi) is 5.86. The maximum absolute atomic E-state index is 6.20. The molecule has 0 heterocycles. The fraction of sp³-hybridized carbons (Fsp3) is 0.333. The Morgan fingerprint density at radius 1 is 1.14 bits per heavy atom. The van der Waals surface area contributed by atoms with E-state index in [0.29, 0.717) is 0 Å². The summed E-state index contributed by atoms with van der Waals surface area (Å²) >= 11 is 9.74. The third kappa shape index (κ3) is 4.32. The van der Waals surface area contributed by atoms with Crippen LogP contribution < -0.4 is 5.32 Å². The number of aryl methyl sites for hydroxylation is 2. The van der Waals surface area contributed by atoms with Crippen LogP contribution in [0.3, 0.4) is 0 Å². The molecule has 3 heteroatoms. The number of hydrogen-bond acceptors (Lipinski definition) is 1. The molecule has 1 atom stereocenters. The Morgan fingerprint density at radius 3 is 2.38 bits per heavy atom. The molecule has 21 heavy (non-hydrogen) atoms. The lowest BCUT2D eigenvalue weighted by Crippen LogP contribution is -2.23. The fourth-order valence-electron chi connectivity index (χ4n) is 2.71. The zero-order valence-electron chi connectivity index (χ0n) is 12.7. The van der Waals surface area contributed by atoms with Crippen molar-refractivity contribution in [3.63, 3.8) is 0 Å².